The summed E-state index contributed by atoms with van der Waals surface area (Å²) in [5, 5.41) is 7.71. The summed E-state index contributed by atoms with van der Waals surface area (Å²) >= 11 is 3.02. The van der Waals surface area contributed by atoms with Gasteiger partial charge in [0, 0.05) is 23.6 Å². The molecule has 2 heterocycles. The Morgan fingerprint density at radius 1 is 1.23 bits per heavy atom. The van der Waals surface area contributed by atoms with Crippen LogP contribution in [0.15, 0.2) is 22.9 Å². The fourth-order valence-corrected chi connectivity index (χ4v) is 3.40. The minimum Gasteiger partial charge on any atom is -0.350 e. The summed E-state index contributed by atoms with van der Waals surface area (Å²) in [4.78, 5) is 28.9. The number of hydrogen-bond acceptors (Lipinski definition) is 5. The zero-order chi connectivity index (χ0) is 16.2. The third-order valence-electron chi connectivity index (χ3n) is 3.04. The van der Waals surface area contributed by atoms with Crippen LogP contribution in [0.25, 0.3) is 0 Å². The predicted molar refractivity (Wildman–Crippen MR) is 90.5 cm³/mol. The van der Waals surface area contributed by atoms with Gasteiger partial charge < -0.3 is 5.32 Å². The van der Waals surface area contributed by atoms with Crippen molar-refractivity contribution in [1.29, 1.82) is 0 Å². The Labute approximate surface area is 138 Å². The maximum Gasteiger partial charge on any atom is 0.220 e. The van der Waals surface area contributed by atoms with Crippen LogP contribution in [0.1, 0.15) is 54.0 Å². The minimum absolute atomic E-state index is 0.0221. The number of aromatic nitrogens is 1. The smallest absolute Gasteiger partial charge is 0.220 e. The van der Waals surface area contributed by atoms with Crippen molar-refractivity contribution in [3.8, 4) is 0 Å². The SMILES string of the molecule is CC(C)(C)c1nc(CNC(=O)CCC(=O)c2cccs2)cs1. The monoisotopic (exact) mass is 336 g/mol. The Bertz CT molecular complexity index is 639. The number of amides is 1. The molecule has 0 unspecified atom stereocenters. The second-order valence-corrected chi connectivity index (χ2v) is 7.88. The molecule has 2 rings (SSSR count). The molecule has 0 fully saturated rings. The molecule has 118 valence electrons. The number of Topliss-reactive ketones (excluding diaryl/α,β-unsaturated/α-hetero) is 1. The molecule has 1 amide bonds. The lowest BCUT2D eigenvalue weighted by Gasteiger charge is -2.13. The lowest BCUT2D eigenvalue weighted by molar-refractivity contribution is -0.121. The van der Waals surface area contributed by atoms with Gasteiger partial charge in [0.1, 0.15) is 0 Å². The summed E-state index contributed by atoms with van der Waals surface area (Å²) in [6.07, 6.45) is 0.462. The third-order valence-corrected chi connectivity index (χ3v) is 5.26. The first-order valence-electron chi connectivity index (χ1n) is 7.14. The van der Waals surface area contributed by atoms with Crippen LogP contribution in [0.4, 0.5) is 0 Å². The van der Waals surface area contributed by atoms with Crippen LogP contribution in [0.2, 0.25) is 0 Å². The van der Waals surface area contributed by atoms with E-state index in [4.69, 9.17) is 0 Å². The minimum atomic E-state index is -0.116. The van der Waals surface area contributed by atoms with Crippen molar-refractivity contribution in [2.75, 3.05) is 0 Å². The molecule has 2 aromatic heterocycles. The van der Waals surface area contributed by atoms with Crippen molar-refractivity contribution in [3.05, 3.63) is 38.5 Å². The first-order valence-corrected chi connectivity index (χ1v) is 8.90. The van der Waals surface area contributed by atoms with Crippen LogP contribution < -0.4 is 5.32 Å². The maximum absolute atomic E-state index is 11.8. The van der Waals surface area contributed by atoms with Crippen molar-refractivity contribution in [1.82, 2.24) is 10.3 Å². The molecule has 0 saturated heterocycles. The van der Waals surface area contributed by atoms with Crippen LogP contribution in [-0.2, 0) is 16.8 Å². The second kappa shape index (κ2) is 7.15. The van der Waals surface area contributed by atoms with Crippen molar-refractivity contribution >= 4 is 34.4 Å². The van der Waals surface area contributed by atoms with Crippen molar-refractivity contribution in [2.45, 2.75) is 45.6 Å². The fraction of sp³-hybridized carbons (Fsp3) is 0.438. The molecular formula is C16H20N2O2S2. The van der Waals surface area contributed by atoms with Gasteiger partial charge in [-0.3, -0.25) is 9.59 Å². The second-order valence-electron chi connectivity index (χ2n) is 6.07. The van der Waals surface area contributed by atoms with E-state index in [1.807, 2.05) is 16.8 Å². The summed E-state index contributed by atoms with van der Waals surface area (Å²) in [6.45, 7) is 6.76. The van der Waals surface area contributed by atoms with E-state index in [0.717, 1.165) is 10.7 Å². The van der Waals surface area contributed by atoms with E-state index in [1.54, 1.807) is 17.4 Å². The average Bonchev–Trinajstić information content (AvgIpc) is 3.12. The molecule has 0 atom stereocenters. The van der Waals surface area contributed by atoms with Crippen molar-refractivity contribution < 1.29 is 9.59 Å². The van der Waals surface area contributed by atoms with Crippen LogP contribution >= 0.6 is 22.7 Å². The van der Waals surface area contributed by atoms with Crippen LogP contribution in [0.5, 0.6) is 0 Å². The number of carbonyl (C=O) groups is 2. The van der Waals surface area contributed by atoms with E-state index in [0.29, 0.717) is 11.4 Å². The number of thiophene rings is 1. The number of nitrogens with zero attached hydrogens (tertiary/aromatic N) is 1. The molecule has 0 bridgehead atoms. The largest absolute Gasteiger partial charge is 0.350 e. The number of nitrogens with one attached hydrogen (secondary N) is 1. The number of rotatable bonds is 6. The summed E-state index contributed by atoms with van der Waals surface area (Å²) in [6, 6.07) is 3.63. The maximum atomic E-state index is 11.8. The van der Waals surface area contributed by atoms with Gasteiger partial charge in [-0.15, -0.1) is 22.7 Å². The molecule has 0 spiro atoms. The third kappa shape index (κ3) is 4.74. The molecule has 0 aliphatic rings. The molecule has 0 radical (unpaired) electrons. The molecule has 0 aliphatic heterocycles. The molecule has 0 aliphatic carbocycles. The molecule has 6 heteroatoms. The van der Waals surface area contributed by atoms with Crippen LogP contribution in [0, 0.1) is 0 Å². The Hall–Kier alpha value is -1.53. The average molecular weight is 336 g/mol. The van der Waals surface area contributed by atoms with Gasteiger partial charge in [0.05, 0.1) is 22.1 Å². The summed E-state index contributed by atoms with van der Waals surface area (Å²) < 4.78 is 0. The fourth-order valence-electron chi connectivity index (χ4n) is 1.80. The van der Waals surface area contributed by atoms with Gasteiger partial charge in [-0.05, 0) is 11.4 Å². The lowest BCUT2D eigenvalue weighted by atomic mass is 9.98. The first kappa shape index (κ1) is 16.8. The molecule has 4 nitrogen and oxygen atoms in total. The van der Waals surface area contributed by atoms with Crippen molar-refractivity contribution in [3.63, 3.8) is 0 Å². The lowest BCUT2D eigenvalue weighted by Crippen LogP contribution is -2.23. The highest BCUT2D eigenvalue weighted by Crippen LogP contribution is 2.25. The Morgan fingerprint density at radius 3 is 2.59 bits per heavy atom. The highest BCUT2D eigenvalue weighted by atomic mass is 32.1. The predicted octanol–water partition coefficient (Wildman–Crippen LogP) is 3.78. The van der Waals surface area contributed by atoms with Crippen LogP contribution in [-0.4, -0.2) is 16.7 Å². The van der Waals surface area contributed by atoms with Gasteiger partial charge in [-0.1, -0.05) is 26.8 Å². The Kier molecular flexibility index (Phi) is 5.47. The van der Waals surface area contributed by atoms with E-state index < -0.39 is 0 Å². The van der Waals surface area contributed by atoms with E-state index in [9.17, 15) is 9.59 Å². The molecule has 2 aromatic rings. The number of ketones is 1. The number of thiazole rings is 1. The van der Waals surface area contributed by atoms with Gasteiger partial charge in [0.25, 0.3) is 0 Å². The molecule has 0 aromatic carbocycles. The van der Waals surface area contributed by atoms with E-state index in [-0.39, 0.29) is 29.9 Å². The van der Waals surface area contributed by atoms with E-state index >= 15 is 0 Å². The van der Waals surface area contributed by atoms with E-state index in [1.165, 1.54) is 11.3 Å². The zero-order valence-corrected chi connectivity index (χ0v) is 14.6. The van der Waals surface area contributed by atoms with Gasteiger partial charge in [-0.25, -0.2) is 4.98 Å². The normalized spacial score (nSPS) is 11.4. The highest BCUT2D eigenvalue weighted by Gasteiger charge is 2.18. The van der Waals surface area contributed by atoms with Gasteiger partial charge in [0.2, 0.25) is 5.91 Å². The summed E-state index contributed by atoms with van der Waals surface area (Å²) in [5.41, 5.74) is 0.896. The molecule has 22 heavy (non-hydrogen) atoms. The first-order chi connectivity index (χ1) is 10.4. The number of carbonyl (C=O) groups excluding carboxylic acids is 2. The van der Waals surface area contributed by atoms with E-state index in [2.05, 4.69) is 31.1 Å². The Balaban J connectivity index is 1.76. The van der Waals surface area contributed by atoms with Gasteiger partial charge in [0.15, 0.2) is 5.78 Å². The topological polar surface area (TPSA) is 59.1 Å². The van der Waals surface area contributed by atoms with Gasteiger partial charge in [-0.2, -0.15) is 0 Å². The molecular weight excluding hydrogens is 316 g/mol. The summed E-state index contributed by atoms with van der Waals surface area (Å²) in [5.74, 6) is -0.0935. The van der Waals surface area contributed by atoms with Crippen LogP contribution in [0.3, 0.4) is 0 Å². The molecule has 1 N–H and O–H groups in total. The molecule has 0 saturated carbocycles. The number of hydrogen-bond donors (Lipinski definition) is 1. The quantitative estimate of drug-likeness (QED) is 0.817. The van der Waals surface area contributed by atoms with Gasteiger partial charge >= 0.3 is 0 Å². The highest BCUT2D eigenvalue weighted by molar-refractivity contribution is 7.12. The summed E-state index contributed by atoms with van der Waals surface area (Å²) in [7, 11) is 0. The Morgan fingerprint density at radius 2 is 2.00 bits per heavy atom. The zero-order valence-electron chi connectivity index (χ0n) is 13.0. The van der Waals surface area contributed by atoms with Crippen molar-refractivity contribution in [2.24, 2.45) is 0 Å². The standard InChI is InChI=1S/C16H20N2O2S2/c1-16(2,3)15-18-11(10-22-15)9-17-14(20)7-6-12(19)13-5-4-8-21-13/h4-5,8,10H,6-7,9H2,1-3H3,(H,17,20).